The molecule has 0 radical (unpaired) electrons. The van der Waals surface area contributed by atoms with Crippen molar-refractivity contribution in [1.29, 1.82) is 0 Å². The second-order valence-electron chi connectivity index (χ2n) is 2.49. The average Bonchev–Trinajstić information content (AvgIpc) is 2.06. The highest BCUT2D eigenvalue weighted by atomic mass is 32.2. The van der Waals surface area contributed by atoms with E-state index >= 15 is 0 Å². The highest BCUT2D eigenvalue weighted by Crippen LogP contribution is 2.25. The monoisotopic (exact) mass is 244 g/mol. The number of rotatable bonds is 2. The highest BCUT2D eigenvalue weighted by Gasteiger charge is 2.25. The summed E-state index contributed by atoms with van der Waals surface area (Å²) in [6.45, 7) is 0. The first-order valence-electron chi connectivity index (χ1n) is 3.40. The molecule has 0 amide bonds. The summed E-state index contributed by atoms with van der Waals surface area (Å²) in [5.74, 6) is -3.47. The van der Waals surface area contributed by atoms with Gasteiger partial charge in [0.1, 0.15) is 10.6 Å². The first kappa shape index (κ1) is 11.9. The van der Waals surface area contributed by atoms with E-state index in [1.165, 1.54) is 0 Å². The summed E-state index contributed by atoms with van der Waals surface area (Å²) >= 11 is 0. The Labute approximate surface area is 81.8 Å². The molecule has 0 bridgehead atoms. The van der Waals surface area contributed by atoms with Crippen LogP contribution >= 0.6 is 0 Å². The number of aromatic nitrogens is 1. The van der Waals surface area contributed by atoms with Crippen molar-refractivity contribution in [2.45, 2.75) is 11.3 Å². The van der Waals surface area contributed by atoms with Gasteiger partial charge in [0.25, 0.3) is 6.43 Å². The average molecular weight is 244 g/mol. The predicted molar refractivity (Wildman–Crippen MR) is 40.5 cm³/mol. The zero-order chi connectivity index (χ0) is 11.8. The molecule has 0 atom stereocenters. The van der Waals surface area contributed by atoms with E-state index in [2.05, 4.69) is 10.1 Å². The van der Waals surface area contributed by atoms with Gasteiger partial charge < -0.3 is 0 Å². The van der Waals surface area contributed by atoms with Crippen LogP contribution in [0.5, 0.6) is 0 Å². The fraction of sp³-hybridized carbons (Fsp3) is 0.167. The molecule has 0 fully saturated rings. The van der Waals surface area contributed by atoms with Crippen molar-refractivity contribution >= 4 is 10.0 Å². The van der Waals surface area contributed by atoms with Crippen LogP contribution in [0, 0.1) is 11.8 Å². The molecule has 1 rings (SSSR count). The lowest BCUT2D eigenvalue weighted by Gasteiger charge is -2.05. The minimum Gasteiger partial charge on any atom is -0.225 e. The summed E-state index contributed by atoms with van der Waals surface area (Å²) in [5, 5.41) is 4.52. The van der Waals surface area contributed by atoms with Crippen molar-refractivity contribution in [3.63, 3.8) is 0 Å². The fourth-order valence-corrected chi connectivity index (χ4v) is 1.54. The molecular formula is C6H4F4N2O2S. The summed E-state index contributed by atoms with van der Waals surface area (Å²) in [7, 11) is -4.57. The Bertz CT molecular complexity index is 488. The largest absolute Gasteiger partial charge is 0.281 e. The van der Waals surface area contributed by atoms with E-state index < -0.39 is 38.8 Å². The van der Waals surface area contributed by atoms with Gasteiger partial charge in [-0.1, -0.05) is 0 Å². The Morgan fingerprint density at radius 1 is 1.33 bits per heavy atom. The van der Waals surface area contributed by atoms with E-state index in [-0.39, 0.29) is 6.07 Å². The molecule has 0 aliphatic rings. The van der Waals surface area contributed by atoms with Crippen LogP contribution in [0.4, 0.5) is 17.6 Å². The number of alkyl halides is 2. The molecule has 2 N–H and O–H groups in total. The number of primary sulfonamides is 1. The number of hydrogen-bond donors (Lipinski definition) is 1. The predicted octanol–water partition coefficient (Wildman–Crippen LogP) is 0.945. The van der Waals surface area contributed by atoms with Crippen LogP contribution in [-0.4, -0.2) is 13.4 Å². The van der Waals surface area contributed by atoms with Gasteiger partial charge in [-0.15, -0.1) is 0 Å². The maximum Gasteiger partial charge on any atom is 0.281 e. The fourth-order valence-electron chi connectivity index (χ4n) is 0.847. The summed E-state index contributed by atoms with van der Waals surface area (Å²) in [4.78, 5) is 1.26. The Kier molecular flexibility index (Phi) is 2.95. The molecule has 0 saturated heterocycles. The maximum atomic E-state index is 12.6. The Hall–Kier alpha value is -1.22. The molecule has 4 nitrogen and oxygen atoms in total. The second-order valence-corrected chi connectivity index (χ2v) is 4.02. The first-order chi connectivity index (χ1) is 6.73. The lowest BCUT2D eigenvalue weighted by molar-refractivity contribution is 0.140. The van der Waals surface area contributed by atoms with Gasteiger partial charge >= 0.3 is 0 Å². The third-order valence-electron chi connectivity index (χ3n) is 1.44. The molecular weight excluding hydrogens is 240 g/mol. The molecule has 0 saturated carbocycles. The van der Waals surface area contributed by atoms with Gasteiger partial charge in [-0.2, -0.15) is 4.39 Å². The molecule has 1 aromatic rings. The lowest BCUT2D eigenvalue weighted by atomic mass is 10.3. The standard InChI is InChI=1S/C6H4F4N2O2S/c7-2-1-3(15(11,13)14)4(5(8)9)12-6(2)10/h1,5H,(H2,11,13,14). The third kappa shape index (κ3) is 2.42. The van der Waals surface area contributed by atoms with E-state index in [1.807, 2.05) is 0 Å². The van der Waals surface area contributed by atoms with Crippen LogP contribution in [0.2, 0.25) is 0 Å². The number of sulfonamides is 1. The van der Waals surface area contributed by atoms with Crippen LogP contribution in [-0.2, 0) is 10.0 Å². The maximum absolute atomic E-state index is 12.6. The lowest BCUT2D eigenvalue weighted by Crippen LogP contribution is -2.17. The van der Waals surface area contributed by atoms with Gasteiger partial charge in [-0.25, -0.2) is 31.7 Å². The van der Waals surface area contributed by atoms with Crippen molar-refractivity contribution in [1.82, 2.24) is 4.98 Å². The minimum atomic E-state index is -4.57. The van der Waals surface area contributed by atoms with Crippen LogP contribution in [0.15, 0.2) is 11.0 Å². The van der Waals surface area contributed by atoms with E-state index in [0.29, 0.717) is 0 Å². The number of nitrogens with two attached hydrogens (primary N) is 1. The highest BCUT2D eigenvalue weighted by molar-refractivity contribution is 7.89. The molecule has 0 aliphatic heterocycles. The number of nitrogens with zero attached hydrogens (tertiary/aromatic N) is 1. The number of hydrogen-bond acceptors (Lipinski definition) is 3. The summed E-state index contributed by atoms with van der Waals surface area (Å²) in [6.07, 6.45) is -3.37. The van der Waals surface area contributed by atoms with Crippen molar-refractivity contribution in [3.05, 3.63) is 23.5 Å². The van der Waals surface area contributed by atoms with Gasteiger partial charge in [0, 0.05) is 6.07 Å². The van der Waals surface area contributed by atoms with Crippen molar-refractivity contribution in [2.24, 2.45) is 5.14 Å². The molecule has 9 heteroatoms. The SMILES string of the molecule is NS(=O)(=O)c1cc(F)c(F)nc1C(F)F. The zero-order valence-electron chi connectivity index (χ0n) is 6.92. The van der Waals surface area contributed by atoms with Crippen LogP contribution in [0.25, 0.3) is 0 Å². The van der Waals surface area contributed by atoms with E-state index in [1.54, 1.807) is 0 Å². The summed E-state index contributed by atoms with van der Waals surface area (Å²) in [6, 6.07) is 0.0686. The summed E-state index contributed by atoms with van der Waals surface area (Å²) < 4.78 is 70.9. The van der Waals surface area contributed by atoms with Gasteiger partial charge in [0.2, 0.25) is 16.0 Å². The Morgan fingerprint density at radius 2 is 1.87 bits per heavy atom. The van der Waals surface area contributed by atoms with E-state index in [4.69, 9.17) is 0 Å². The van der Waals surface area contributed by atoms with Gasteiger partial charge in [0.05, 0.1) is 0 Å². The van der Waals surface area contributed by atoms with E-state index in [9.17, 15) is 26.0 Å². The Morgan fingerprint density at radius 3 is 2.27 bits per heavy atom. The quantitative estimate of drug-likeness (QED) is 0.621. The molecule has 1 heterocycles. The molecule has 0 aromatic carbocycles. The zero-order valence-corrected chi connectivity index (χ0v) is 7.73. The molecule has 1 aromatic heterocycles. The van der Waals surface area contributed by atoms with Gasteiger partial charge in [-0.05, 0) is 0 Å². The topological polar surface area (TPSA) is 73.1 Å². The number of pyridine rings is 1. The number of halogens is 4. The normalized spacial score (nSPS) is 12.1. The molecule has 0 unspecified atom stereocenters. The van der Waals surface area contributed by atoms with Gasteiger partial charge in [-0.3, -0.25) is 0 Å². The molecule has 15 heavy (non-hydrogen) atoms. The smallest absolute Gasteiger partial charge is 0.225 e. The molecule has 0 spiro atoms. The van der Waals surface area contributed by atoms with Crippen LogP contribution in [0.3, 0.4) is 0 Å². The van der Waals surface area contributed by atoms with Gasteiger partial charge in [0.15, 0.2) is 5.82 Å². The third-order valence-corrected chi connectivity index (χ3v) is 2.38. The van der Waals surface area contributed by atoms with Crippen molar-refractivity contribution in [3.8, 4) is 0 Å². The Balaban J connectivity index is 3.56. The minimum absolute atomic E-state index is 0.0686. The van der Waals surface area contributed by atoms with Crippen LogP contribution < -0.4 is 5.14 Å². The molecule has 84 valence electrons. The summed E-state index contributed by atoms with van der Waals surface area (Å²) in [5.41, 5.74) is -1.41. The van der Waals surface area contributed by atoms with Crippen LogP contribution in [0.1, 0.15) is 12.1 Å². The molecule has 0 aliphatic carbocycles. The van der Waals surface area contributed by atoms with E-state index in [0.717, 1.165) is 0 Å². The van der Waals surface area contributed by atoms with Crippen molar-refractivity contribution in [2.75, 3.05) is 0 Å². The van der Waals surface area contributed by atoms with Crippen molar-refractivity contribution < 1.29 is 26.0 Å². The first-order valence-corrected chi connectivity index (χ1v) is 4.95. The second kappa shape index (κ2) is 3.74.